The van der Waals surface area contributed by atoms with E-state index in [1.54, 1.807) is 18.2 Å². The molecule has 1 aliphatic carbocycles. The number of aliphatic hydroxyl groups excluding tert-OH is 1. The minimum atomic E-state index is -0.490. The van der Waals surface area contributed by atoms with Crippen LogP contribution in [0.1, 0.15) is 23.2 Å². The average molecular weight is 235 g/mol. The first kappa shape index (κ1) is 11.7. The first-order valence-corrected chi connectivity index (χ1v) is 5.71. The van der Waals surface area contributed by atoms with E-state index in [0.29, 0.717) is 29.5 Å². The Morgan fingerprint density at radius 3 is 2.71 bits per heavy atom. The minimum absolute atomic E-state index is 0.0308. The Bertz CT molecular complexity index is 430. The standard InChI is InChI=1S/C12H17N3O2/c13-10-3-1-2-9(12(14)17)11(10)15(6-7-16)8-4-5-8/h1-3,8,16H,4-7,13H2,(H2,14,17). The molecule has 92 valence electrons. The van der Waals surface area contributed by atoms with Crippen molar-refractivity contribution in [3.63, 3.8) is 0 Å². The van der Waals surface area contributed by atoms with Crippen molar-refractivity contribution in [2.24, 2.45) is 5.73 Å². The number of aliphatic hydroxyl groups is 1. The summed E-state index contributed by atoms with van der Waals surface area (Å²) in [5, 5.41) is 9.10. The van der Waals surface area contributed by atoms with Gasteiger partial charge in [0.15, 0.2) is 0 Å². The number of benzene rings is 1. The maximum Gasteiger partial charge on any atom is 0.250 e. The van der Waals surface area contributed by atoms with E-state index in [1.165, 1.54) is 0 Å². The van der Waals surface area contributed by atoms with Crippen LogP contribution in [0.2, 0.25) is 0 Å². The summed E-state index contributed by atoms with van der Waals surface area (Å²) in [6.07, 6.45) is 2.12. The van der Waals surface area contributed by atoms with Crippen molar-refractivity contribution in [1.29, 1.82) is 0 Å². The van der Waals surface area contributed by atoms with Gasteiger partial charge in [0, 0.05) is 12.6 Å². The first-order valence-electron chi connectivity index (χ1n) is 5.71. The van der Waals surface area contributed by atoms with E-state index < -0.39 is 5.91 Å². The number of para-hydroxylation sites is 1. The van der Waals surface area contributed by atoms with Crippen LogP contribution in [0.4, 0.5) is 11.4 Å². The molecule has 0 aliphatic heterocycles. The van der Waals surface area contributed by atoms with Crippen molar-refractivity contribution in [2.45, 2.75) is 18.9 Å². The van der Waals surface area contributed by atoms with Gasteiger partial charge in [-0.25, -0.2) is 0 Å². The van der Waals surface area contributed by atoms with Crippen molar-refractivity contribution in [2.75, 3.05) is 23.8 Å². The second kappa shape index (κ2) is 4.63. The highest BCUT2D eigenvalue weighted by Crippen LogP contribution is 2.36. The lowest BCUT2D eigenvalue weighted by Crippen LogP contribution is -2.32. The monoisotopic (exact) mass is 235 g/mol. The summed E-state index contributed by atoms with van der Waals surface area (Å²) < 4.78 is 0. The molecule has 5 nitrogen and oxygen atoms in total. The van der Waals surface area contributed by atoms with Crippen LogP contribution in [0.3, 0.4) is 0 Å². The van der Waals surface area contributed by atoms with Gasteiger partial charge in [-0.15, -0.1) is 0 Å². The fourth-order valence-corrected chi connectivity index (χ4v) is 2.05. The zero-order chi connectivity index (χ0) is 12.4. The van der Waals surface area contributed by atoms with Gasteiger partial charge in [-0.3, -0.25) is 4.79 Å². The van der Waals surface area contributed by atoms with E-state index in [1.807, 2.05) is 4.90 Å². The second-order valence-corrected chi connectivity index (χ2v) is 4.26. The molecular formula is C12H17N3O2. The molecule has 1 aromatic rings. The topological polar surface area (TPSA) is 92.6 Å². The molecule has 0 bridgehead atoms. The van der Waals surface area contributed by atoms with Crippen LogP contribution in [0.15, 0.2) is 18.2 Å². The normalized spacial score (nSPS) is 14.6. The molecule has 17 heavy (non-hydrogen) atoms. The van der Waals surface area contributed by atoms with Crippen LogP contribution in [0, 0.1) is 0 Å². The number of hydrogen-bond acceptors (Lipinski definition) is 4. The average Bonchev–Trinajstić information content (AvgIpc) is 3.10. The van der Waals surface area contributed by atoms with E-state index >= 15 is 0 Å². The number of anilines is 2. The van der Waals surface area contributed by atoms with Crippen LogP contribution in [-0.4, -0.2) is 30.2 Å². The summed E-state index contributed by atoms with van der Waals surface area (Å²) in [5.41, 5.74) is 12.9. The Balaban J connectivity index is 2.43. The molecule has 5 heteroatoms. The van der Waals surface area contributed by atoms with Gasteiger partial charge in [0.05, 0.1) is 23.5 Å². The molecule has 0 saturated heterocycles. The molecule has 0 aromatic heterocycles. The second-order valence-electron chi connectivity index (χ2n) is 4.26. The Hall–Kier alpha value is -1.75. The molecule has 1 aromatic carbocycles. The molecule has 5 N–H and O–H groups in total. The van der Waals surface area contributed by atoms with E-state index in [0.717, 1.165) is 12.8 Å². The predicted molar refractivity (Wildman–Crippen MR) is 66.8 cm³/mol. The summed E-state index contributed by atoms with van der Waals surface area (Å²) in [6, 6.07) is 5.49. The van der Waals surface area contributed by atoms with E-state index in [9.17, 15) is 4.79 Å². The maximum absolute atomic E-state index is 11.4. The lowest BCUT2D eigenvalue weighted by Gasteiger charge is -2.27. The Kier molecular flexibility index (Phi) is 3.19. The molecule has 1 fully saturated rings. The number of rotatable bonds is 5. The molecule has 0 spiro atoms. The highest BCUT2D eigenvalue weighted by atomic mass is 16.3. The number of amides is 1. The Morgan fingerprint density at radius 2 is 2.18 bits per heavy atom. The third-order valence-corrected chi connectivity index (χ3v) is 2.95. The van der Waals surface area contributed by atoms with Gasteiger partial charge in [0.25, 0.3) is 5.91 Å². The number of nitrogens with two attached hydrogens (primary N) is 2. The van der Waals surface area contributed by atoms with Crippen molar-refractivity contribution in [3.05, 3.63) is 23.8 Å². The molecular weight excluding hydrogens is 218 g/mol. The van der Waals surface area contributed by atoms with Gasteiger partial charge in [-0.05, 0) is 25.0 Å². The van der Waals surface area contributed by atoms with Gasteiger partial charge in [-0.2, -0.15) is 0 Å². The number of hydrogen-bond donors (Lipinski definition) is 3. The predicted octanol–water partition coefficient (Wildman–Crippen LogP) is 0.329. The van der Waals surface area contributed by atoms with Crippen LogP contribution in [-0.2, 0) is 0 Å². The van der Waals surface area contributed by atoms with E-state index in [2.05, 4.69) is 0 Å². The zero-order valence-corrected chi connectivity index (χ0v) is 9.60. The van der Waals surface area contributed by atoms with Gasteiger partial charge in [0.1, 0.15) is 0 Å². The number of carbonyl (C=O) groups is 1. The maximum atomic E-state index is 11.4. The van der Waals surface area contributed by atoms with Crippen molar-refractivity contribution in [3.8, 4) is 0 Å². The van der Waals surface area contributed by atoms with Crippen molar-refractivity contribution in [1.82, 2.24) is 0 Å². The zero-order valence-electron chi connectivity index (χ0n) is 9.60. The largest absolute Gasteiger partial charge is 0.397 e. The lowest BCUT2D eigenvalue weighted by molar-refractivity contribution is 0.100. The molecule has 0 atom stereocenters. The van der Waals surface area contributed by atoms with Gasteiger partial charge in [-0.1, -0.05) is 6.07 Å². The fraction of sp³-hybridized carbons (Fsp3) is 0.417. The SMILES string of the molecule is NC(=O)c1cccc(N)c1N(CCO)C1CC1. The van der Waals surface area contributed by atoms with Crippen LogP contribution >= 0.6 is 0 Å². The first-order chi connectivity index (χ1) is 8.15. The highest BCUT2D eigenvalue weighted by molar-refractivity contribution is 6.01. The summed E-state index contributed by atoms with van der Waals surface area (Å²) >= 11 is 0. The summed E-state index contributed by atoms with van der Waals surface area (Å²) in [7, 11) is 0. The van der Waals surface area contributed by atoms with Crippen LogP contribution < -0.4 is 16.4 Å². The van der Waals surface area contributed by atoms with Gasteiger partial charge in [0.2, 0.25) is 0 Å². The van der Waals surface area contributed by atoms with E-state index in [4.69, 9.17) is 16.6 Å². The van der Waals surface area contributed by atoms with Crippen molar-refractivity contribution >= 4 is 17.3 Å². The molecule has 1 aliphatic rings. The molecule has 0 heterocycles. The van der Waals surface area contributed by atoms with Crippen LogP contribution in [0.25, 0.3) is 0 Å². The molecule has 2 rings (SSSR count). The number of nitrogens with zero attached hydrogens (tertiary/aromatic N) is 1. The summed E-state index contributed by atoms with van der Waals surface area (Å²) in [6.45, 7) is 0.502. The smallest absolute Gasteiger partial charge is 0.250 e. The number of primary amides is 1. The molecule has 1 amide bonds. The molecule has 0 radical (unpaired) electrons. The Labute approximate surface area is 100 Å². The summed E-state index contributed by atoms with van der Waals surface area (Å²) in [4.78, 5) is 13.4. The number of nitrogen functional groups attached to an aromatic ring is 1. The third-order valence-electron chi connectivity index (χ3n) is 2.95. The summed E-state index contributed by atoms with van der Waals surface area (Å²) in [5.74, 6) is -0.490. The highest BCUT2D eigenvalue weighted by Gasteiger charge is 2.31. The van der Waals surface area contributed by atoms with Crippen molar-refractivity contribution < 1.29 is 9.90 Å². The fourth-order valence-electron chi connectivity index (χ4n) is 2.05. The Morgan fingerprint density at radius 1 is 1.47 bits per heavy atom. The van der Waals surface area contributed by atoms with Gasteiger partial charge >= 0.3 is 0 Å². The van der Waals surface area contributed by atoms with E-state index in [-0.39, 0.29) is 6.61 Å². The molecule has 0 unspecified atom stereocenters. The number of carbonyl (C=O) groups excluding carboxylic acids is 1. The van der Waals surface area contributed by atoms with Crippen LogP contribution in [0.5, 0.6) is 0 Å². The molecule has 1 saturated carbocycles. The lowest BCUT2D eigenvalue weighted by atomic mass is 10.1. The third kappa shape index (κ3) is 2.34. The quantitative estimate of drug-likeness (QED) is 0.641. The van der Waals surface area contributed by atoms with Gasteiger partial charge < -0.3 is 21.5 Å². The minimum Gasteiger partial charge on any atom is -0.397 e.